The molecule has 138 valence electrons. The van der Waals surface area contributed by atoms with Crippen molar-refractivity contribution in [3.8, 4) is 17.0 Å². The van der Waals surface area contributed by atoms with Gasteiger partial charge in [-0.1, -0.05) is 36.4 Å². The van der Waals surface area contributed by atoms with Crippen molar-refractivity contribution in [2.24, 2.45) is 0 Å². The molecule has 0 amide bonds. The van der Waals surface area contributed by atoms with Crippen LogP contribution in [-0.2, 0) is 6.54 Å². The summed E-state index contributed by atoms with van der Waals surface area (Å²) >= 11 is 0. The number of hydrogen-bond acceptors (Lipinski definition) is 4. The average molecular weight is 370 g/mol. The van der Waals surface area contributed by atoms with Crippen molar-refractivity contribution in [3.63, 3.8) is 0 Å². The van der Waals surface area contributed by atoms with Gasteiger partial charge in [-0.15, -0.1) is 0 Å². The van der Waals surface area contributed by atoms with Crippen molar-refractivity contribution in [1.29, 1.82) is 0 Å². The van der Waals surface area contributed by atoms with Crippen LogP contribution in [0.3, 0.4) is 0 Å². The average Bonchev–Trinajstić information content (AvgIpc) is 2.75. The normalized spacial score (nSPS) is 10.8. The molecule has 4 aromatic rings. The lowest BCUT2D eigenvalue weighted by atomic mass is 10.1. The molecular formula is C23H18N2O3. The van der Waals surface area contributed by atoms with Crippen LogP contribution in [0.1, 0.15) is 10.4 Å². The highest BCUT2D eigenvalue weighted by Gasteiger charge is 2.11. The van der Waals surface area contributed by atoms with Crippen molar-refractivity contribution in [2.45, 2.75) is 6.54 Å². The van der Waals surface area contributed by atoms with Gasteiger partial charge in [0.15, 0.2) is 5.78 Å². The summed E-state index contributed by atoms with van der Waals surface area (Å²) in [4.78, 5) is 24.8. The summed E-state index contributed by atoms with van der Waals surface area (Å²) in [5.41, 5.74) is 1.73. The number of methoxy groups -OCH3 is 1. The third kappa shape index (κ3) is 3.55. The summed E-state index contributed by atoms with van der Waals surface area (Å²) < 4.78 is 6.31. The van der Waals surface area contributed by atoms with E-state index >= 15 is 0 Å². The number of fused-ring (bicyclic) bond motifs is 1. The van der Waals surface area contributed by atoms with Crippen LogP contribution in [0.25, 0.3) is 22.0 Å². The summed E-state index contributed by atoms with van der Waals surface area (Å²) in [7, 11) is 1.57. The Morgan fingerprint density at radius 2 is 1.68 bits per heavy atom. The fraction of sp³-hybridized carbons (Fsp3) is 0.0870. The van der Waals surface area contributed by atoms with Crippen LogP contribution < -0.4 is 10.3 Å². The zero-order valence-corrected chi connectivity index (χ0v) is 15.3. The van der Waals surface area contributed by atoms with E-state index in [1.165, 1.54) is 10.7 Å². The van der Waals surface area contributed by atoms with Gasteiger partial charge in [0, 0.05) is 17.2 Å². The highest BCUT2D eigenvalue weighted by Crippen LogP contribution is 2.22. The molecule has 0 unspecified atom stereocenters. The van der Waals surface area contributed by atoms with Gasteiger partial charge < -0.3 is 4.74 Å². The fourth-order valence-electron chi connectivity index (χ4n) is 3.07. The second-order valence-corrected chi connectivity index (χ2v) is 6.43. The molecule has 0 saturated heterocycles. The molecule has 5 nitrogen and oxygen atoms in total. The lowest BCUT2D eigenvalue weighted by Gasteiger charge is -2.08. The van der Waals surface area contributed by atoms with Crippen molar-refractivity contribution in [3.05, 3.63) is 94.8 Å². The van der Waals surface area contributed by atoms with Gasteiger partial charge in [-0.2, -0.15) is 5.10 Å². The maximum atomic E-state index is 12.5. The molecule has 1 aromatic heterocycles. The number of nitrogens with zero attached hydrogens (tertiary/aromatic N) is 2. The minimum atomic E-state index is -0.314. The number of aromatic nitrogens is 2. The van der Waals surface area contributed by atoms with Crippen LogP contribution in [0.15, 0.2) is 83.7 Å². The molecule has 28 heavy (non-hydrogen) atoms. The van der Waals surface area contributed by atoms with Crippen LogP contribution >= 0.6 is 0 Å². The first-order chi connectivity index (χ1) is 13.6. The van der Waals surface area contributed by atoms with E-state index in [9.17, 15) is 9.59 Å². The van der Waals surface area contributed by atoms with Crippen LogP contribution in [0.2, 0.25) is 0 Å². The number of carbonyl (C=O) groups excluding carboxylic acids is 1. The van der Waals surface area contributed by atoms with Gasteiger partial charge in [0.05, 0.1) is 12.8 Å². The third-order valence-electron chi connectivity index (χ3n) is 4.62. The summed E-state index contributed by atoms with van der Waals surface area (Å²) in [5, 5.41) is 6.63. The molecule has 0 aliphatic carbocycles. The summed E-state index contributed by atoms with van der Waals surface area (Å²) in [6, 6.07) is 24.0. The monoisotopic (exact) mass is 370 g/mol. The van der Waals surface area contributed by atoms with Gasteiger partial charge in [-0.25, -0.2) is 4.68 Å². The fourth-order valence-corrected chi connectivity index (χ4v) is 3.07. The Bertz CT molecular complexity index is 1210. The summed E-state index contributed by atoms with van der Waals surface area (Å²) in [6.45, 7) is -0.118. The molecule has 0 N–H and O–H groups in total. The van der Waals surface area contributed by atoms with E-state index in [-0.39, 0.29) is 17.9 Å². The molecular weight excluding hydrogens is 352 g/mol. The van der Waals surface area contributed by atoms with Crippen LogP contribution in [0, 0.1) is 0 Å². The molecule has 0 aliphatic rings. The van der Waals surface area contributed by atoms with E-state index in [4.69, 9.17) is 4.74 Å². The van der Waals surface area contributed by atoms with E-state index in [0.29, 0.717) is 17.0 Å². The number of benzene rings is 3. The minimum Gasteiger partial charge on any atom is -0.497 e. The third-order valence-corrected chi connectivity index (χ3v) is 4.62. The molecule has 0 spiro atoms. The zero-order valence-electron chi connectivity index (χ0n) is 15.3. The Balaban J connectivity index is 1.64. The Morgan fingerprint density at radius 1 is 0.929 bits per heavy atom. The van der Waals surface area contributed by atoms with E-state index < -0.39 is 0 Å². The molecule has 3 aromatic carbocycles. The van der Waals surface area contributed by atoms with Gasteiger partial charge in [-0.3, -0.25) is 9.59 Å². The topological polar surface area (TPSA) is 61.2 Å². The predicted octanol–water partition coefficient (Wildman–Crippen LogP) is 3.96. The van der Waals surface area contributed by atoms with E-state index in [1.807, 2.05) is 42.5 Å². The first-order valence-corrected chi connectivity index (χ1v) is 8.89. The number of carbonyl (C=O) groups is 1. The Kier molecular flexibility index (Phi) is 4.72. The molecule has 0 atom stereocenters. The van der Waals surface area contributed by atoms with Crippen LogP contribution in [0.4, 0.5) is 0 Å². The maximum Gasteiger partial charge on any atom is 0.267 e. The highest BCUT2D eigenvalue weighted by molar-refractivity contribution is 5.96. The molecule has 5 heteroatoms. The smallest absolute Gasteiger partial charge is 0.267 e. The van der Waals surface area contributed by atoms with Crippen molar-refractivity contribution in [1.82, 2.24) is 9.78 Å². The number of ether oxygens (including phenoxy) is 1. The van der Waals surface area contributed by atoms with Crippen molar-refractivity contribution >= 4 is 16.6 Å². The van der Waals surface area contributed by atoms with Gasteiger partial charge in [0.2, 0.25) is 0 Å². The zero-order chi connectivity index (χ0) is 19.5. The number of ketones is 1. The van der Waals surface area contributed by atoms with E-state index in [0.717, 1.165) is 16.3 Å². The first-order valence-electron chi connectivity index (χ1n) is 8.89. The summed E-state index contributed by atoms with van der Waals surface area (Å²) in [6.07, 6.45) is 0. The maximum absolute atomic E-state index is 12.5. The Labute approximate surface area is 161 Å². The number of hydrogen-bond donors (Lipinski definition) is 0. The second kappa shape index (κ2) is 7.48. The molecule has 0 radical (unpaired) electrons. The van der Waals surface area contributed by atoms with Gasteiger partial charge in [0.1, 0.15) is 12.3 Å². The Hall–Kier alpha value is -3.73. The lowest BCUT2D eigenvalue weighted by molar-refractivity contribution is 0.0966. The molecule has 0 fully saturated rings. The first kappa shape index (κ1) is 17.7. The largest absolute Gasteiger partial charge is 0.497 e. The molecule has 0 aliphatic heterocycles. The van der Waals surface area contributed by atoms with Crippen molar-refractivity contribution in [2.75, 3.05) is 7.11 Å². The van der Waals surface area contributed by atoms with Gasteiger partial charge in [-0.05, 0) is 47.2 Å². The van der Waals surface area contributed by atoms with Gasteiger partial charge >= 0.3 is 0 Å². The molecule has 4 rings (SSSR count). The molecule has 0 bridgehead atoms. The highest BCUT2D eigenvalue weighted by atomic mass is 16.5. The van der Waals surface area contributed by atoms with Gasteiger partial charge in [0.25, 0.3) is 5.56 Å². The van der Waals surface area contributed by atoms with Crippen LogP contribution in [-0.4, -0.2) is 22.7 Å². The number of Topliss-reactive ketones (excluding diaryl/α,β-unsaturated/α-hetero) is 1. The standard InChI is InChI=1S/C23H18N2O3/c1-28-20-10-8-17(9-11-20)22(26)15-25-23(27)13-12-21(24-25)19-7-6-16-4-2-3-5-18(16)14-19/h2-14H,15H2,1H3. The van der Waals surface area contributed by atoms with Crippen molar-refractivity contribution < 1.29 is 9.53 Å². The lowest BCUT2D eigenvalue weighted by Crippen LogP contribution is -2.26. The van der Waals surface area contributed by atoms with E-state index in [1.54, 1.807) is 37.4 Å². The van der Waals surface area contributed by atoms with E-state index in [2.05, 4.69) is 5.10 Å². The summed E-state index contributed by atoms with van der Waals surface area (Å²) in [5.74, 6) is 0.484. The second-order valence-electron chi connectivity index (χ2n) is 6.43. The number of rotatable bonds is 5. The predicted molar refractivity (Wildman–Crippen MR) is 109 cm³/mol. The van der Waals surface area contributed by atoms with Crippen LogP contribution in [0.5, 0.6) is 5.75 Å². The molecule has 1 heterocycles. The SMILES string of the molecule is COc1ccc(C(=O)Cn2nc(-c3ccc4ccccc4c3)ccc2=O)cc1. The Morgan fingerprint density at radius 3 is 2.43 bits per heavy atom. The quantitative estimate of drug-likeness (QED) is 0.499. The minimum absolute atomic E-state index is 0.118. The molecule has 0 saturated carbocycles.